The standard InChI is InChI=1S/C28H30F3N5O5S/c1-19-17-23(36-13-12-34(14-15-37)26(36)39)6-5-20(19)7-16-42(40,41)35-10-8-27(9-11-35)25(38)32-24(33-27)21-3-2-4-22(18-21)28(29,30)31/h2-7,16-18,37H,8-15H2,1H3,(H,32,33,38)/b16-7+. The number of urea groups is 1. The molecule has 5 rings (SSSR count). The first-order valence-electron chi connectivity index (χ1n) is 13.4. The van der Waals surface area contributed by atoms with Crippen molar-refractivity contribution in [2.45, 2.75) is 31.5 Å². The molecular weight excluding hydrogens is 575 g/mol. The van der Waals surface area contributed by atoms with E-state index in [0.717, 1.165) is 23.1 Å². The van der Waals surface area contributed by atoms with Gasteiger partial charge in [0, 0.05) is 49.4 Å². The molecule has 42 heavy (non-hydrogen) atoms. The van der Waals surface area contributed by atoms with E-state index in [0.29, 0.717) is 24.3 Å². The number of aryl methyl sites for hydroxylation is 1. The van der Waals surface area contributed by atoms with Gasteiger partial charge in [-0.1, -0.05) is 18.2 Å². The normalized spacial score (nSPS) is 19.7. The zero-order valence-corrected chi connectivity index (χ0v) is 23.6. The van der Waals surface area contributed by atoms with Gasteiger partial charge in [0.05, 0.1) is 12.2 Å². The second-order valence-corrected chi connectivity index (χ2v) is 12.3. The Hall–Kier alpha value is -3.75. The highest BCUT2D eigenvalue weighted by Gasteiger charge is 2.47. The van der Waals surface area contributed by atoms with E-state index in [2.05, 4.69) is 10.3 Å². The van der Waals surface area contributed by atoms with Crippen molar-refractivity contribution < 1.29 is 36.3 Å². The fourth-order valence-corrected chi connectivity index (χ4v) is 6.54. The largest absolute Gasteiger partial charge is 0.416 e. The maximum Gasteiger partial charge on any atom is 0.416 e. The van der Waals surface area contributed by atoms with Crippen LogP contribution in [0, 0.1) is 6.92 Å². The number of hydrogen-bond acceptors (Lipinski definition) is 6. The van der Waals surface area contributed by atoms with E-state index in [1.54, 1.807) is 28.0 Å². The number of carbonyl (C=O) groups excluding carboxylic acids is 2. The summed E-state index contributed by atoms with van der Waals surface area (Å²) in [7, 11) is -3.85. The number of β-amino-alcohol motifs (C(OH)–C–C–N with tert-alkyl or cyclic N) is 1. The molecule has 14 heteroatoms. The van der Waals surface area contributed by atoms with Gasteiger partial charge in [0.1, 0.15) is 11.4 Å². The molecule has 2 aromatic carbocycles. The highest BCUT2D eigenvalue weighted by atomic mass is 32.2. The Bertz CT molecular complexity index is 1570. The predicted molar refractivity (Wildman–Crippen MR) is 150 cm³/mol. The maximum atomic E-state index is 13.1. The number of halogens is 3. The molecule has 224 valence electrons. The van der Waals surface area contributed by atoms with E-state index in [-0.39, 0.29) is 56.5 Å². The van der Waals surface area contributed by atoms with Crippen molar-refractivity contribution in [2.75, 3.05) is 44.2 Å². The van der Waals surface area contributed by atoms with Gasteiger partial charge in [-0.3, -0.25) is 14.7 Å². The Morgan fingerprint density at radius 2 is 1.81 bits per heavy atom. The molecule has 0 radical (unpaired) electrons. The lowest BCUT2D eigenvalue weighted by atomic mass is 9.89. The Morgan fingerprint density at radius 1 is 1.07 bits per heavy atom. The number of carbonyl (C=O) groups is 2. The summed E-state index contributed by atoms with van der Waals surface area (Å²) in [5.74, 6) is -0.424. The van der Waals surface area contributed by atoms with Crippen molar-refractivity contribution in [3.8, 4) is 0 Å². The van der Waals surface area contributed by atoms with Crippen LogP contribution in [0.5, 0.6) is 0 Å². The molecule has 2 fully saturated rings. The minimum absolute atomic E-state index is 0.0127. The van der Waals surface area contributed by atoms with Crippen LogP contribution in [0.1, 0.15) is 35.1 Å². The third-order valence-electron chi connectivity index (χ3n) is 7.80. The zero-order valence-electron chi connectivity index (χ0n) is 22.8. The number of alkyl halides is 3. The Kier molecular flexibility index (Phi) is 7.89. The SMILES string of the molecule is Cc1cc(N2CCN(CCO)C2=O)ccc1/C=C/S(=O)(=O)N1CCC2(CC1)N=C(c1cccc(C(F)(F)F)c1)NC2=O. The number of amidine groups is 1. The lowest BCUT2D eigenvalue weighted by Gasteiger charge is -2.34. The number of anilines is 1. The summed E-state index contributed by atoms with van der Waals surface area (Å²) in [4.78, 5) is 33.0. The molecule has 0 bridgehead atoms. The van der Waals surface area contributed by atoms with Gasteiger partial charge < -0.3 is 15.3 Å². The van der Waals surface area contributed by atoms with Crippen LogP contribution in [0.2, 0.25) is 0 Å². The Morgan fingerprint density at radius 3 is 2.48 bits per heavy atom. The summed E-state index contributed by atoms with van der Waals surface area (Å²) < 4.78 is 66.9. The van der Waals surface area contributed by atoms with Gasteiger partial charge >= 0.3 is 12.2 Å². The summed E-state index contributed by atoms with van der Waals surface area (Å²) in [6.07, 6.45) is -2.90. The van der Waals surface area contributed by atoms with E-state index in [1.165, 1.54) is 22.5 Å². The van der Waals surface area contributed by atoms with Gasteiger partial charge in [-0.25, -0.2) is 13.2 Å². The number of hydrogen-bond donors (Lipinski definition) is 2. The van der Waals surface area contributed by atoms with Crippen LogP contribution in [-0.2, 0) is 21.0 Å². The number of nitrogens with zero attached hydrogens (tertiary/aromatic N) is 4. The molecule has 1 spiro atoms. The van der Waals surface area contributed by atoms with Gasteiger partial charge in [0.25, 0.3) is 5.91 Å². The van der Waals surface area contributed by atoms with Gasteiger partial charge in [-0.15, -0.1) is 0 Å². The molecule has 3 heterocycles. The van der Waals surface area contributed by atoms with Gasteiger partial charge in [-0.05, 0) is 61.2 Å². The van der Waals surface area contributed by atoms with Crippen LogP contribution >= 0.6 is 0 Å². The fourth-order valence-electron chi connectivity index (χ4n) is 5.36. The van der Waals surface area contributed by atoms with Crippen LogP contribution in [0.4, 0.5) is 23.7 Å². The number of benzene rings is 2. The fraction of sp³-hybridized carbons (Fsp3) is 0.393. The van der Waals surface area contributed by atoms with Crippen LogP contribution in [0.25, 0.3) is 6.08 Å². The molecule has 3 aliphatic heterocycles. The minimum Gasteiger partial charge on any atom is -0.395 e. The van der Waals surface area contributed by atoms with E-state index in [1.807, 2.05) is 6.92 Å². The van der Waals surface area contributed by atoms with Gasteiger partial charge in [-0.2, -0.15) is 17.5 Å². The van der Waals surface area contributed by atoms with Gasteiger partial charge in [0.15, 0.2) is 0 Å². The highest BCUT2D eigenvalue weighted by molar-refractivity contribution is 7.92. The third kappa shape index (κ3) is 5.78. The number of aliphatic hydroxyl groups excluding tert-OH is 1. The quantitative estimate of drug-likeness (QED) is 0.503. The number of aliphatic hydroxyl groups is 1. The van der Waals surface area contributed by atoms with Crippen LogP contribution in [0.15, 0.2) is 52.9 Å². The summed E-state index contributed by atoms with van der Waals surface area (Å²) in [6, 6.07) is 9.61. The van der Waals surface area contributed by atoms with E-state index in [9.17, 15) is 31.2 Å². The van der Waals surface area contributed by atoms with Crippen molar-refractivity contribution in [3.05, 3.63) is 70.1 Å². The third-order valence-corrected chi connectivity index (χ3v) is 9.37. The first kappa shape index (κ1) is 29.7. The van der Waals surface area contributed by atoms with Crippen LogP contribution in [-0.4, -0.2) is 85.4 Å². The number of aliphatic imine (C=N–C) groups is 1. The predicted octanol–water partition coefficient (Wildman–Crippen LogP) is 2.96. The lowest BCUT2D eigenvalue weighted by molar-refractivity contribution is -0.137. The first-order chi connectivity index (χ1) is 19.8. The number of nitrogens with one attached hydrogen (secondary N) is 1. The molecule has 0 atom stereocenters. The molecule has 0 aliphatic carbocycles. The number of sulfonamides is 1. The number of amides is 3. The Labute approximate surface area is 241 Å². The van der Waals surface area contributed by atoms with Crippen LogP contribution < -0.4 is 10.2 Å². The molecular formula is C28H30F3N5O5S. The second-order valence-electron chi connectivity index (χ2n) is 10.5. The van der Waals surface area contributed by atoms with Crippen molar-refractivity contribution >= 4 is 39.6 Å². The smallest absolute Gasteiger partial charge is 0.395 e. The molecule has 3 amide bonds. The molecule has 2 aromatic rings. The van der Waals surface area contributed by atoms with E-state index < -0.39 is 33.2 Å². The second kappa shape index (κ2) is 11.2. The van der Waals surface area contributed by atoms with Crippen molar-refractivity contribution in [1.82, 2.24) is 14.5 Å². The number of piperidine rings is 1. The number of rotatable bonds is 7. The monoisotopic (exact) mass is 605 g/mol. The molecule has 0 unspecified atom stereocenters. The summed E-state index contributed by atoms with van der Waals surface area (Å²) in [5.41, 5.74) is 0.130. The van der Waals surface area contributed by atoms with Crippen molar-refractivity contribution in [3.63, 3.8) is 0 Å². The minimum atomic E-state index is -4.54. The average molecular weight is 606 g/mol. The summed E-state index contributed by atoms with van der Waals surface area (Å²) in [6.45, 7) is 2.98. The van der Waals surface area contributed by atoms with Gasteiger partial charge in [0.2, 0.25) is 10.0 Å². The highest BCUT2D eigenvalue weighted by Crippen LogP contribution is 2.34. The summed E-state index contributed by atoms with van der Waals surface area (Å²) >= 11 is 0. The molecule has 10 nitrogen and oxygen atoms in total. The topological polar surface area (TPSA) is 123 Å². The summed E-state index contributed by atoms with van der Waals surface area (Å²) in [5, 5.41) is 12.8. The zero-order chi connectivity index (χ0) is 30.3. The van der Waals surface area contributed by atoms with Crippen molar-refractivity contribution in [1.29, 1.82) is 0 Å². The Balaban J connectivity index is 1.25. The molecule has 2 N–H and O–H groups in total. The first-order valence-corrected chi connectivity index (χ1v) is 14.9. The molecule has 0 saturated carbocycles. The lowest BCUT2D eigenvalue weighted by Crippen LogP contribution is -2.50. The van der Waals surface area contributed by atoms with Crippen molar-refractivity contribution in [2.24, 2.45) is 4.99 Å². The van der Waals surface area contributed by atoms with Crippen LogP contribution in [0.3, 0.4) is 0 Å². The molecule has 0 aromatic heterocycles. The average Bonchev–Trinajstić information content (AvgIpc) is 3.47. The molecule has 3 aliphatic rings. The maximum absolute atomic E-state index is 13.1. The molecule has 2 saturated heterocycles. The van der Waals surface area contributed by atoms with E-state index in [4.69, 9.17) is 5.11 Å². The van der Waals surface area contributed by atoms with E-state index >= 15 is 0 Å².